The van der Waals surface area contributed by atoms with Crippen molar-refractivity contribution in [3.05, 3.63) is 47.5 Å². The third kappa shape index (κ3) is 3.94. The second-order valence-corrected chi connectivity index (χ2v) is 17.4. The molecule has 4 fully saturated rings. The van der Waals surface area contributed by atoms with Gasteiger partial charge in [0.25, 0.3) is 0 Å². The molecule has 0 spiro atoms. The van der Waals surface area contributed by atoms with Crippen molar-refractivity contribution in [2.24, 2.45) is 39.9 Å². The first-order chi connectivity index (χ1) is 20.0. The van der Waals surface area contributed by atoms with Gasteiger partial charge in [-0.3, -0.25) is 0 Å². The molecule has 0 amide bonds. The van der Waals surface area contributed by atoms with Crippen molar-refractivity contribution in [3.8, 4) is 5.69 Å². The van der Waals surface area contributed by atoms with Gasteiger partial charge in [-0.05, 0) is 136 Å². The Morgan fingerprint density at radius 3 is 2.28 bits per heavy atom. The van der Waals surface area contributed by atoms with Gasteiger partial charge < -0.3 is 14.9 Å². The summed E-state index contributed by atoms with van der Waals surface area (Å²) in [4.78, 5) is 0. The fraction of sp³-hybridized carbons (Fsp3) is 0.757. The maximum Gasteiger partial charge on any atom is 0.123 e. The zero-order valence-electron chi connectivity index (χ0n) is 27.6. The number of halogens is 1. The van der Waals surface area contributed by atoms with E-state index in [2.05, 4.69) is 55.4 Å². The lowest BCUT2D eigenvalue weighted by Crippen LogP contribution is -2.69. The summed E-state index contributed by atoms with van der Waals surface area (Å²) < 4.78 is 22.7. The third-order valence-electron chi connectivity index (χ3n) is 14.3. The van der Waals surface area contributed by atoms with E-state index in [0.717, 1.165) is 56.3 Å². The van der Waals surface area contributed by atoms with Crippen molar-refractivity contribution < 1.29 is 19.3 Å². The van der Waals surface area contributed by atoms with Crippen molar-refractivity contribution in [2.45, 2.75) is 136 Å². The van der Waals surface area contributed by atoms with Gasteiger partial charge in [-0.1, -0.05) is 34.6 Å². The molecule has 1 aromatic carbocycles. The molecule has 5 nitrogen and oxygen atoms in total. The van der Waals surface area contributed by atoms with Crippen LogP contribution in [0.3, 0.4) is 0 Å². The number of hydrogen-bond donors (Lipinski definition) is 2. The summed E-state index contributed by atoms with van der Waals surface area (Å²) in [5, 5.41) is 29.4. The predicted octanol–water partition coefficient (Wildman–Crippen LogP) is 7.39. The highest BCUT2D eigenvalue weighted by atomic mass is 19.1. The minimum absolute atomic E-state index is 0.00557. The molecule has 236 valence electrons. The normalized spacial score (nSPS) is 46.4. The molecule has 43 heavy (non-hydrogen) atoms. The molecule has 6 heteroatoms. The van der Waals surface area contributed by atoms with Gasteiger partial charge in [0.15, 0.2) is 0 Å². The second kappa shape index (κ2) is 9.16. The van der Waals surface area contributed by atoms with Crippen LogP contribution in [0.4, 0.5) is 4.39 Å². The predicted molar refractivity (Wildman–Crippen MR) is 166 cm³/mol. The summed E-state index contributed by atoms with van der Waals surface area (Å²) in [6.45, 7) is 18.6. The van der Waals surface area contributed by atoms with Crippen LogP contribution in [0, 0.1) is 45.7 Å². The number of aromatic nitrogens is 2. The Hall–Kier alpha value is -1.76. The molecule has 2 aromatic rings. The number of nitrogens with zero attached hydrogens (tertiary/aromatic N) is 2. The maximum atomic E-state index is 13.8. The van der Waals surface area contributed by atoms with Crippen LogP contribution >= 0.6 is 0 Å². The number of rotatable bonds is 2. The monoisotopic (exact) mass is 592 g/mol. The van der Waals surface area contributed by atoms with Crippen LogP contribution in [-0.4, -0.2) is 43.4 Å². The fourth-order valence-corrected chi connectivity index (χ4v) is 12.8. The topological polar surface area (TPSA) is 67.5 Å². The highest BCUT2D eigenvalue weighted by Crippen LogP contribution is 2.75. The molecular formula is C37H53FN2O3. The summed E-state index contributed by atoms with van der Waals surface area (Å²) in [6.07, 6.45) is 8.92. The summed E-state index contributed by atoms with van der Waals surface area (Å²) in [5.41, 5.74) is 2.02. The highest BCUT2D eigenvalue weighted by Gasteiger charge is 2.73. The van der Waals surface area contributed by atoms with Crippen LogP contribution in [0.2, 0.25) is 0 Å². The van der Waals surface area contributed by atoms with Gasteiger partial charge in [0, 0.05) is 11.3 Å². The van der Waals surface area contributed by atoms with Crippen molar-refractivity contribution in [2.75, 3.05) is 0 Å². The van der Waals surface area contributed by atoms with Gasteiger partial charge in [0.05, 0.1) is 41.0 Å². The van der Waals surface area contributed by atoms with E-state index in [9.17, 15) is 14.6 Å². The maximum absolute atomic E-state index is 13.8. The van der Waals surface area contributed by atoms with Crippen LogP contribution in [0.5, 0.6) is 0 Å². The summed E-state index contributed by atoms with van der Waals surface area (Å²) in [5.74, 6) is 0.486. The van der Waals surface area contributed by atoms with Gasteiger partial charge in [-0.25, -0.2) is 9.07 Å². The fourth-order valence-electron chi connectivity index (χ4n) is 12.8. The van der Waals surface area contributed by atoms with Gasteiger partial charge in [0.2, 0.25) is 0 Å². The molecule has 1 aliphatic heterocycles. The highest BCUT2D eigenvalue weighted by molar-refractivity contribution is 5.42. The molecule has 0 bridgehead atoms. The van der Waals surface area contributed by atoms with Crippen LogP contribution < -0.4 is 0 Å². The summed E-state index contributed by atoms with van der Waals surface area (Å²) in [6, 6.07) is 6.54. The lowest BCUT2D eigenvalue weighted by Gasteiger charge is -2.71. The first kappa shape index (κ1) is 29.9. The first-order valence-electron chi connectivity index (χ1n) is 16.9. The average Bonchev–Trinajstić information content (AvgIpc) is 3.48. The molecule has 4 aliphatic carbocycles. The molecule has 1 saturated heterocycles. The molecule has 2 heterocycles. The molecule has 0 radical (unpaired) electrons. The van der Waals surface area contributed by atoms with E-state index >= 15 is 0 Å². The molecule has 1 aromatic heterocycles. The Bertz CT molecular complexity index is 1420. The zero-order valence-corrected chi connectivity index (χ0v) is 27.6. The number of aliphatic hydroxyl groups excluding tert-OH is 2. The van der Waals surface area contributed by atoms with E-state index in [1.807, 2.05) is 10.9 Å². The van der Waals surface area contributed by atoms with Crippen molar-refractivity contribution in [1.29, 1.82) is 0 Å². The largest absolute Gasteiger partial charge is 0.393 e. The van der Waals surface area contributed by atoms with Crippen molar-refractivity contribution >= 4 is 0 Å². The number of benzene rings is 1. The molecule has 0 unspecified atom stereocenters. The lowest BCUT2D eigenvalue weighted by molar-refractivity contribution is -0.259. The van der Waals surface area contributed by atoms with Gasteiger partial charge in [0.1, 0.15) is 5.82 Å². The van der Waals surface area contributed by atoms with E-state index in [-0.39, 0.29) is 62.5 Å². The average molecular weight is 593 g/mol. The Morgan fingerprint density at radius 2 is 1.60 bits per heavy atom. The molecule has 3 saturated carbocycles. The molecule has 7 rings (SSSR count). The van der Waals surface area contributed by atoms with Crippen LogP contribution in [0.15, 0.2) is 30.5 Å². The standard InChI is InChI=1S/C37H53FN2O3/c1-32(2)15-9-16-37(8,43-32)25-14-17-35(6)29(25)26(41)18-28-34(5)19-22-21-39-40(24-12-10-23(38)11-13-24)31(22)33(3,4)30(34)27(42)20-36(28,35)7/h10-13,21,25-30,41-42H,9,14-20H2,1-8H3/t25-,26+,27+,28+,29-,30-,34+,35+,36+,37+/m0/s1. The molecule has 10 atom stereocenters. The van der Waals surface area contributed by atoms with Crippen molar-refractivity contribution in [3.63, 3.8) is 0 Å². The van der Waals surface area contributed by atoms with Crippen molar-refractivity contribution in [1.82, 2.24) is 9.78 Å². The Kier molecular flexibility index (Phi) is 6.38. The molecular weight excluding hydrogens is 539 g/mol. The van der Waals surface area contributed by atoms with E-state index in [4.69, 9.17) is 9.84 Å². The van der Waals surface area contributed by atoms with E-state index in [1.165, 1.54) is 24.1 Å². The Balaban J connectivity index is 1.29. The number of aliphatic hydroxyl groups is 2. The summed E-state index contributed by atoms with van der Waals surface area (Å²) in [7, 11) is 0. The SMILES string of the molecule is CC1(C)CCC[C@](C)([C@H]2CC[C@]3(C)[C@@H]2[C@H](O)C[C@@H]2[C@@]4(C)Cc5cnn(-c6ccc(F)cc6)c5C(C)(C)[C@@H]4[C@H](O)C[C@]23C)O1. The summed E-state index contributed by atoms with van der Waals surface area (Å²) >= 11 is 0. The molecule has 2 N–H and O–H groups in total. The Labute approximate surface area is 257 Å². The minimum Gasteiger partial charge on any atom is -0.393 e. The van der Waals surface area contributed by atoms with Gasteiger partial charge in [-0.2, -0.15) is 5.10 Å². The van der Waals surface area contributed by atoms with Gasteiger partial charge >= 0.3 is 0 Å². The van der Waals surface area contributed by atoms with Crippen LogP contribution in [0.1, 0.15) is 112 Å². The Morgan fingerprint density at radius 1 is 0.907 bits per heavy atom. The third-order valence-corrected chi connectivity index (χ3v) is 14.3. The zero-order chi connectivity index (χ0) is 31.0. The van der Waals surface area contributed by atoms with E-state index < -0.39 is 6.10 Å². The quantitative estimate of drug-likeness (QED) is 0.382. The number of hydrogen-bond acceptors (Lipinski definition) is 4. The van der Waals surface area contributed by atoms with Crippen LogP contribution in [-0.2, 0) is 16.6 Å². The van der Waals surface area contributed by atoms with E-state index in [1.54, 1.807) is 12.1 Å². The molecule has 5 aliphatic rings. The van der Waals surface area contributed by atoms with Gasteiger partial charge in [-0.15, -0.1) is 0 Å². The van der Waals surface area contributed by atoms with E-state index in [0.29, 0.717) is 5.92 Å². The van der Waals surface area contributed by atoms with Crippen LogP contribution in [0.25, 0.3) is 5.69 Å². The lowest BCUT2D eigenvalue weighted by atomic mass is 9.34. The first-order valence-corrected chi connectivity index (χ1v) is 16.9. The second-order valence-electron chi connectivity index (χ2n) is 17.4. The number of ether oxygens (including phenoxy) is 1. The smallest absolute Gasteiger partial charge is 0.123 e. The minimum atomic E-state index is -0.474. The number of fused-ring (bicyclic) bond motifs is 6.